The molecule has 2 rings (SSSR count). The SMILES string of the molecule is CCn1c([N+](=O)[O-])cnc1C(c1ncco1)S(=O)[O-]. The van der Waals surface area contributed by atoms with Crippen molar-refractivity contribution in [2.75, 3.05) is 0 Å². The number of oxazole rings is 1. The van der Waals surface area contributed by atoms with E-state index in [1.807, 2.05) is 0 Å². The van der Waals surface area contributed by atoms with Gasteiger partial charge in [-0.1, -0.05) is 0 Å². The summed E-state index contributed by atoms with van der Waals surface area (Å²) in [5.74, 6) is -0.354. The largest absolute Gasteiger partial charge is 0.771 e. The number of imidazole rings is 1. The van der Waals surface area contributed by atoms with Crippen LogP contribution in [-0.2, 0) is 17.6 Å². The molecule has 0 amide bonds. The summed E-state index contributed by atoms with van der Waals surface area (Å²) in [5.41, 5.74) is 0. The first-order valence-electron chi connectivity index (χ1n) is 5.23. The molecule has 0 spiro atoms. The van der Waals surface area contributed by atoms with Crippen molar-refractivity contribution in [1.82, 2.24) is 14.5 Å². The molecule has 19 heavy (non-hydrogen) atoms. The van der Waals surface area contributed by atoms with E-state index in [-0.39, 0.29) is 24.1 Å². The molecule has 2 unspecified atom stereocenters. The zero-order valence-electron chi connectivity index (χ0n) is 9.75. The fourth-order valence-corrected chi connectivity index (χ4v) is 2.34. The topological polar surface area (TPSA) is 127 Å². The average Bonchev–Trinajstić information content (AvgIpc) is 2.98. The van der Waals surface area contributed by atoms with Gasteiger partial charge in [-0.05, 0) is 22.9 Å². The van der Waals surface area contributed by atoms with Crippen LogP contribution in [0.5, 0.6) is 0 Å². The fourth-order valence-electron chi connectivity index (χ4n) is 1.70. The second-order valence-electron chi connectivity index (χ2n) is 3.49. The Balaban J connectivity index is 2.55. The molecule has 2 atom stereocenters. The van der Waals surface area contributed by atoms with Gasteiger partial charge in [-0.25, -0.2) is 14.5 Å². The zero-order chi connectivity index (χ0) is 14.0. The smallest absolute Gasteiger partial charge is 0.342 e. The van der Waals surface area contributed by atoms with Gasteiger partial charge < -0.3 is 19.1 Å². The maximum Gasteiger partial charge on any atom is 0.342 e. The summed E-state index contributed by atoms with van der Waals surface area (Å²) >= 11 is -2.61. The van der Waals surface area contributed by atoms with Gasteiger partial charge in [0.2, 0.25) is 11.7 Å². The molecule has 0 aromatic carbocycles. The molecule has 0 saturated heterocycles. The second-order valence-corrected chi connectivity index (χ2v) is 4.48. The molecule has 2 aromatic rings. The molecular formula is C9H9N4O5S-. The van der Waals surface area contributed by atoms with Crippen LogP contribution in [0.4, 0.5) is 5.82 Å². The Kier molecular flexibility index (Phi) is 3.71. The highest BCUT2D eigenvalue weighted by Crippen LogP contribution is 2.28. The van der Waals surface area contributed by atoms with Crippen molar-refractivity contribution >= 4 is 16.9 Å². The van der Waals surface area contributed by atoms with Crippen molar-refractivity contribution in [3.8, 4) is 0 Å². The Hall–Kier alpha value is -2.07. The molecule has 102 valence electrons. The van der Waals surface area contributed by atoms with E-state index in [9.17, 15) is 18.9 Å². The van der Waals surface area contributed by atoms with Gasteiger partial charge in [0, 0.05) is 0 Å². The van der Waals surface area contributed by atoms with Gasteiger partial charge in [-0.3, -0.25) is 4.21 Å². The van der Waals surface area contributed by atoms with Gasteiger partial charge in [-0.15, -0.1) is 0 Å². The van der Waals surface area contributed by atoms with Crippen LogP contribution in [-0.4, -0.2) is 28.2 Å². The average molecular weight is 285 g/mol. The highest BCUT2D eigenvalue weighted by atomic mass is 32.2. The molecule has 2 heterocycles. The van der Waals surface area contributed by atoms with E-state index in [0.717, 1.165) is 6.20 Å². The van der Waals surface area contributed by atoms with Crippen molar-refractivity contribution < 1.29 is 18.1 Å². The highest BCUT2D eigenvalue weighted by Gasteiger charge is 2.31. The van der Waals surface area contributed by atoms with Crippen molar-refractivity contribution in [3.05, 3.63) is 40.5 Å². The van der Waals surface area contributed by atoms with E-state index in [1.54, 1.807) is 6.92 Å². The van der Waals surface area contributed by atoms with E-state index in [2.05, 4.69) is 9.97 Å². The first-order chi connectivity index (χ1) is 9.06. The Labute approximate surface area is 109 Å². The minimum Gasteiger partial charge on any atom is -0.771 e. The predicted molar refractivity (Wildman–Crippen MR) is 61.8 cm³/mol. The molecule has 9 nitrogen and oxygen atoms in total. The van der Waals surface area contributed by atoms with Crippen molar-refractivity contribution in [1.29, 1.82) is 0 Å². The van der Waals surface area contributed by atoms with Crippen LogP contribution in [0.2, 0.25) is 0 Å². The number of aromatic nitrogens is 3. The Morgan fingerprint density at radius 2 is 2.32 bits per heavy atom. The summed E-state index contributed by atoms with van der Waals surface area (Å²) in [5, 5.41) is 9.55. The number of hydrogen-bond acceptors (Lipinski definition) is 7. The lowest BCUT2D eigenvalue weighted by atomic mass is 10.4. The predicted octanol–water partition coefficient (Wildman–Crippen LogP) is 0.768. The maximum absolute atomic E-state index is 11.3. The molecule has 0 aliphatic carbocycles. The maximum atomic E-state index is 11.3. The number of rotatable bonds is 5. The van der Waals surface area contributed by atoms with Crippen LogP contribution >= 0.6 is 0 Å². The van der Waals surface area contributed by atoms with E-state index in [0.29, 0.717) is 0 Å². The first kappa shape index (κ1) is 13.4. The van der Waals surface area contributed by atoms with Gasteiger partial charge in [0.05, 0.1) is 12.7 Å². The summed E-state index contributed by atoms with van der Waals surface area (Å²) in [6.07, 6.45) is 3.54. The summed E-state index contributed by atoms with van der Waals surface area (Å²) < 4.78 is 28.8. The summed E-state index contributed by atoms with van der Waals surface area (Å²) in [6, 6.07) is 0. The molecule has 0 fully saturated rings. The first-order valence-corrected chi connectivity index (χ1v) is 6.37. The lowest BCUT2D eigenvalue weighted by Gasteiger charge is -2.14. The number of nitrogens with zero attached hydrogens (tertiary/aromatic N) is 4. The Morgan fingerprint density at radius 1 is 1.58 bits per heavy atom. The summed E-state index contributed by atoms with van der Waals surface area (Å²) in [7, 11) is 0. The van der Waals surface area contributed by atoms with Crippen molar-refractivity contribution in [2.24, 2.45) is 0 Å². The van der Waals surface area contributed by atoms with E-state index >= 15 is 0 Å². The molecular weight excluding hydrogens is 276 g/mol. The monoisotopic (exact) mass is 285 g/mol. The van der Waals surface area contributed by atoms with Crippen molar-refractivity contribution in [3.63, 3.8) is 0 Å². The third-order valence-corrected chi connectivity index (χ3v) is 3.27. The molecule has 0 aliphatic heterocycles. The minimum absolute atomic E-state index is 0.00461. The lowest BCUT2D eigenvalue weighted by Crippen LogP contribution is -2.15. The third kappa shape index (κ3) is 2.39. The van der Waals surface area contributed by atoms with E-state index in [1.165, 1.54) is 17.0 Å². The molecule has 2 aromatic heterocycles. The van der Waals surface area contributed by atoms with Crippen LogP contribution in [0, 0.1) is 10.1 Å². The normalized spacial score (nSPS) is 14.2. The minimum atomic E-state index is -2.61. The molecule has 0 bridgehead atoms. The fraction of sp³-hybridized carbons (Fsp3) is 0.333. The van der Waals surface area contributed by atoms with Crippen LogP contribution in [0.1, 0.15) is 23.9 Å². The number of nitro groups is 1. The molecule has 0 saturated carbocycles. The van der Waals surface area contributed by atoms with Gasteiger partial charge in [0.1, 0.15) is 12.5 Å². The molecule has 0 N–H and O–H groups in total. The quantitative estimate of drug-likeness (QED) is 0.450. The van der Waals surface area contributed by atoms with Gasteiger partial charge in [0.15, 0.2) is 5.25 Å². The Bertz CT molecular complexity index is 608. The third-order valence-electron chi connectivity index (χ3n) is 2.47. The van der Waals surface area contributed by atoms with Gasteiger partial charge in [0.25, 0.3) is 0 Å². The van der Waals surface area contributed by atoms with Gasteiger partial charge >= 0.3 is 5.82 Å². The van der Waals surface area contributed by atoms with Gasteiger partial charge in [-0.2, -0.15) is 0 Å². The summed E-state index contributed by atoms with van der Waals surface area (Å²) in [4.78, 5) is 17.8. The van der Waals surface area contributed by atoms with Crippen LogP contribution < -0.4 is 0 Å². The number of hydrogen-bond donors (Lipinski definition) is 0. The molecule has 0 aliphatic rings. The van der Waals surface area contributed by atoms with Crippen LogP contribution in [0.25, 0.3) is 0 Å². The van der Waals surface area contributed by atoms with E-state index in [4.69, 9.17) is 4.42 Å². The molecule has 0 radical (unpaired) electrons. The standard InChI is InChI=1S/C9H10N4O5S/c1-2-12-6(13(14)15)5-11-8(12)7(19(16)17)9-10-3-4-18-9/h3-5,7H,2H2,1H3,(H,16,17)/p-1. The van der Waals surface area contributed by atoms with Crippen LogP contribution in [0.15, 0.2) is 23.1 Å². The summed E-state index contributed by atoms with van der Waals surface area (Å²) in [6.45, 7) is 1.86. The highest BCUT2D eigenvalue weighted by molar-refractivity contribution is 7.79. The van der Waals surface area contributed by atoms with Crippen molar-refractivity contribution in [2.45, 2.75) is 18.7 Å². The molecule has 10 heteroatoms. The van der Waals surface area contributed by atoms with Crippen LogP contribution in [0.3, 0.4) is 0 Å². The lowest BCUT2D eigenvalue weighted by molar-refractivity contribution is -0.392. The second kappa shape index (κ2) is 5.28. The zero-order valence-corrected chi connectivity index (χ0v) is 10.6. The van der Waals surface area contributed by atoms with E-state index < -0.39 is 21.3 Å². The Morgan fingerprint density at radius 3 is 2.79 bits per heavy atom.